The third kappa shape index (κ3) is 3.13. The molecular weight excluding hydrogens is 304 g/mol. The summed E-state index contributed by atoms with van der Waals surface area (Å²) in [7, 11) is -8.56. The smallest absolute Gasteiger partial charge is 0.340 e. The van der Waals surface area contributed by atoms with Crippen molar-refractivity contribution in [3.05, 3.63) is 48.8 Å². The largest absolute Gasteiger partial charge is 0.379 e. The Hall–Kier alpha value is -1.97. The molecule has 0 bridgehead atoms. The first-order chi connectivity index (χ1) is 9.31. The van der Waals surface area contributed by atoms with Gasteiger partial charge in [-0.1, -0.05) is 18.2 Å². The number of sulfonamides is 1. The molecule has 1 heterocycles. The molecule has 0 radical (unpaired) electrons. The number of primary sulfonamides is 1. The maximum atomic E-state index is 12.1. The quantitative estimate of drug-likeness (QED) is 0.821. The lowest BCUT2D eigenvalue weighted by Crippen LogP contribution is -2.19. The molecule has 2 aromatic rings. The van der Waals surface area contributed by atoms with Gasteiger partial charge in [0.15, 0.2) is 0 Å². The van der Waals surface area contributed by atoms with Crippen LogP contribution in [-0.2, 0) is 20.1 Å². The Balaban J connectivity index is 2.51. The van der Waals surface area contributed by atoms with E-state index in [0.29, 0.717) is 0 Å². The highest BCUT2D eigenvalue weighted by atomic mass is 32.2. The highest BCUT2D eigenvalue weighted by Gasteiger charge is 2.26. The molecule has 0 aliphatic heterocycles. The van der Waals surface area contributed by atoms with Gasteiger partial charge in [-0.05, 0) is 18.2 Å². The minimum Gasteiger partial charge on any atom is -0.379 e. The zero-order chi connectivity index (χ0) is 14.8. The first-order valence-corrected chi connectivity index (χ1v) is 8.22. The summed E-state index contributed by atoms with van der Waals surface area (Å²) in [4.78, 5) is 2.38. The Morgan fingerprint density at radius 1 is 0.950 bits per heavy atom. The van der Waals surface area contributed by atoms with Crippen LogP contribution < -0.4 is 9.32 Å². The fourth-order valence-electron chi connectivity index (χ4n) is 1.44. The van der Waals surface area contributed by atoms with E-state index in [-0.39, 0.29) is 5.75 Å². The van der Waals surface area contributed by atoms with Gasteiger partial charge in [0.1, 0.15) is 15.5 Å². The Morgan fingerprint density at radius 2 is 1.60 bits per heavy atom. The van der Waals surface area contributed by atoms with Gasteiger partial charge >= 0.3 is 10.1 Å². The zero-order valence-electron chi connectivity index (χ0n) is 10.0. The number of benzene rings is 1. The SMILES string of the molecule is NS(=O)(=O)c1cnccc1S(=O)(=O)Oc1ccccc1. The molecular formula is C11H10N2O5S2. The van der Waals surface area contributed by atoms with E-state index in [4.69, 9.17) is 9.32 Å². The number of rotatable bonds is 4. The predicted octanol–water partition coefficient (Wildman–Crippen LogP) is 0.497. The van der Waals surface area contributed by atoms with Crippen LogP contribution in [0.5, 0.6) is 5.75 Å². The van der Waals surface area contributed by atoms with E-state index in [1.807, 2.05) is 0 Å². The average molecular weight is 314 g/mol. The molecule has 0 atom stereocenters. The molecule has 9 heteroatoms. The van der Waals surface area contributed by atoms with Crippen LogP contribution in [-0.4, -0.2) is 21.8 Å². The second-order valence-corrected chi connectivity index (χ2v) is 6.76. The van der Waals surface area contributed by atoms with Crippen LogP contribution in [0.3, 0.4) is 0 Å². The molecule has 2 N–H and O–H groups in total. The van der Waals surface area contributed by atoms with Crippen LogP contribution in [0.25, 0.3) is 0 Å². The number of hydrogen-bond acceptors (Lipinski definition) is 6. The highest BCUT2D eigenvalue weighted by Crippen LogP contribution is 2.22. The number of nitrogens with zero attached hydrogens (tertiary/aromatic N) is 1. The second-order valence-electron chi connectivity index (χ2n) is 3.72. The van der Waals surface area contributed by atoms with E-state index in [1.165, 1.54) is 12.1 Å². The predicted molar refractivity (Wildman–Crippen MR) is 69.9 cm³/mol. The van der Waals surface area contributed by atoms with Crippen LogP contribution in [0.15, 0.2) is 58.6 Å². The van der Waals surface area contributed by atoms with Gasteiger partial charge in [0.2, 0.25) is 10.0 Å². The molecule has 1 aromatic carbocycles. The molecule has 0 saturated carbocycles. The monoisotopic (exact) mass is 314 g/mol. The fourth-order valence-corrected chi connectivity index (χ4v) is 3.63. The Labute approximate surface area is 116 Å². The minimum absolute atomic E-state index is 0.0599. The van der Waals surface area contributed by atoms with Crippen LogP contribution in [0.2, 0.25) is 0 Å². The number of para-hydroxylation sites is 1. The summed E-state index contributed by atoms with van der Waals surface area (Å²) in [5, 5.41) is 4.96. The van der Waals surface area contributed by atoms with Crippen molar-refractivity contribution < 1.29 is 21.0 Å². The molecule has 0 fully saturated rings. The van der Waals surface area contributed by atoms with Gasteiger partial charge in [0.05, 0.1) is 0 Å². The van der Waals surface area contributed by atoms with Crippen LogP contribution in [0.1, 0.15) is 0 Å². The molecule has 0 amide bonds. The maximum Gasteiger partial charge on any atom is 0.340 e. The van der Waals surface area contributed by atoms with Crippen molar-refractivity contribution in [3.8, 4) is 5.75 Å². The zero-order valence-corrected chi connectivity index (χ0v) is 11.6. The van der Waals surface area contributed by atoms with Gasteiger partial charge in [0, 0.05) is 12.4 Å². The summed E-state index contributed by atoms with van der Waals surface area (Å²) in [5.41, 5.74) is 0. The van der Waals surface area contributed by atoms with Crippen molar-refractivity contribution in [3.63, 3.8) is 0 Å². The molecule has 0 unspecified atom stereocenters. The molecule has 106 valence electrons. The lowest BCUT2D eigenvalue weighted by molar-refractivity contribution is 0.482. The molecule has 0 aliphatic carbocycles. The van der Waals surface area contributed by atoms with Gasteiger partial charge in [-0.25, -0.2) is 13.6 Å². The van der Waals surface area contributed by atoms with E-state index >= 15 is 0 Å². The third-order valence-corrected chi connectivity index (χ3v) is 4.65. The van der Waals surface area contributed by atoms with Gasteiger partial charge in [-0.3, -0.25) is 4.98 Å². The van der Waals surface area contributed by atoms with E-state index in [2.05, 4.69) is 4.98 Å². The Morgan fingerprint density at radius 3 is 2.20 bits per heavy atom. The first-order valence-electron chi connectivity index (χ1n) is 5.27. The van der Waals surface area contributed by atoms with Crippen molar-refractivity contribution in [2.45, 2.75) is 9.79 Å². The highest BCUT2D eigenvalue weighted by molar-refractivity contribution is 7.91. The summed E-state index contributed by atoms with van der Waals surface area (Å²) < 4.78 is 51.8. The van der Waals surface area contributed by atoms with Crippen LogP contribution in [0.4, 0.5) is 0 Å². The topological polar surface area (TPSA) is 116 Å². The standard InChI is InChI=1S/C11H10N2O5S2/c12-19(14,15)11-8-13-7-6-10(11)20(16,17)18-9-4-2-1-3-5-9/h1-8H,(H2,12,14,15). The fraction of sp³-hybridized carbons (Fsp3) is 0. The minimum atomic E-state index is -4.33. The van der Waals surface area contributed by atoms with E-state index in [9.17, 15) is 16.8 Å². The van der Waals surface area contributed by atoms with Crippen molar-refractivity contribution in [1.29, 1.82) is 0 Å². The summed E-state index contributed by atoms with van der Waals surface area (Å²) in [6, 6.07) is 8.71. The van der Waals surface area contributed by atoms with Gasteiger partial charge in [-0.2, -0.15) is 8.42 Å². The number of nitrogens with two attached hydrogens (primary N) is 1. The Bertz CT molecular complexity index is 817. The average Bonchev–Trinajstić information content (AvgIpc) is 2.38. The van der Waals surface area contributed by atoms with E-state index in [1.54, 1.807) is 18.2 Å². The molecule has 2 rings (SSSR count). The normalized spacial score (nSPS) is 12.1. The summed E-state index contributed by atoms with van der Waals surface area (Å²) in [6.45, 7) is 0. The molecule has 0 spiro atoms. The van der Waals surface area contributed by atoms with Gasteiger partial charge in [-0.15, -0.1) is 0 Å². The lowest BCUT2D eigenvalue weighted by atomic mass is 10.3. The van der Waals surface area contributed by atoms with E-state index in [0.717, 1.165) is 18.5 Å². The number of hydrogen-bond donors (Lipinski definition) is 1. The molecule has 0 aliphatic rings. The molecule has 7 nitrogen and oxygen atoms in total. The van der Waals surface area contributed by atoms with Crippen molar-refractivity contribution in [2.75, 3.05) is 0 Å². The summed E-state index contributed by atoms with van der Waals surface area (Å²) in [6.07, 6.45) is 1.99. The third-order valence-electron chi connectivity index (χ3n) is 2.27. The Kier molecular flexibility index (Phi) is 3.75. The van der Waals surface area contributed by atoms with Gasteiger partial charge < -0.3 is 4.18 Å². The molecule has 0 saturated heterocycles. The lowest BCUT2D eigenvalue weighted by Gasteiger charge is -2.09. The second kappa shape index (κ2) is 5.19. The maximum absolute atomic E-state index is 12.1. The van der Waals surface area contributed by atoms with E-state index < -0.39 is 29.9 Å². The van der Waals surface area contributed by atoms with Crippen molar-refractivity contribution in [2.24, 2.45) is 5.14 Å². The number of aromatic nitrogens is 1. The first kappa shape index (κ1) is 14.4. The van der Waals surface area contributed by atoms with Crippen molar-refractivity contribution >= 4 is 20.1 Å². The molecule has 20 heavy (non-hydrogen) atoms. The van der Waals surface area contributed by atoms with Gasteiger partial charge in [0.25, 0.3) is 0 Å². The number of pyridine rings is 1. The molecule has 1 aromatic heterocycles. The summed E-state index contributed by atoms with van der Waals surface area (Å²) in [5.74, 6) is 0.0599. The van der Waals surface area contributed by atoms with Crippen LogP contribution in [0, 0.1) is 0 Å². The summed E-state index contributed by atoms with van der Waals surface area (Å²) >= 11 is 0. The van der Waals surface area contributed by atoms with Crippen LogP contribution >= 0.6 is 0 Å². The van der Waals surface area contributed by atoms with Crippen molar-refractivity contribution in [1.82, 2.24) is 4.98 Å².